The number of nitriles is 1. The number of morpholine rings is 1. The van der Waals surface area contributed by atoms with Crippen LogP contribution in [0.2, 0.25) is 0 Å². The summed E-state index contributed by atoms with van der Waals surface area (Å²) in [6.07, 6.45) is 0.133. The van der Waals surface area contributed by atoms with Crippen molar-refractivity contribution in [3.8, 4) is 6.07 Å². The summed E-state index contributed by atoms with van der Waals surface area (Å²) in [7, 11) is -3.67. The number of hydrogen-bond acceptors (Lipinski definition) is 7. The summed E-state index contributed by atoms with van der Waals surface area (Å²) in [5.41, 5.74) is 0.725. The fourth-order valence-corrected chi connectivity index (χ4v) is 4.56. The summed E-state index contributed by atoms with van der Waals surface area (Å²) in [4.78, 5) is 26.4. The fourth-order valence-electron chi connectivity index (χ4n) is 3.16. The Bertz CT molecular complexity index is 1070. The normalized spacial score (nSPS) is 14.3. The minimum absolute atomic E-state index is 0.0683. The maximum atomic E-state index is 12.7. The van der Waals surface area contributed by atoms with Gasteiger partial charge in [0.15, 0.2) is 6.61 Å². The van der Waals surface area contributed by atoms with Gasteiger partial charge in [-0.25, -0.2) is 13.2 Å². The lowest BCUT2D eigenvalue weighted by molar-refractivity contribution is -0.121. The van der Waals surface area contributed by atoms with Crippen LogP contribution in [0, 0.1) is 11.3 Å². The van der Waals surface area contributed by atoms with Crippen molar-refractivity contribution in [1.82, 2.24) is 4.31 Å². The Labute approximate surface area is 186 Å². The first-order chi connectivity index (χ1) is 15.4. The van der Waals surface area contributed by atoms with E-state index in [0.717, 1.165) is 0 Å². The molecule has 1 aliphatic rings. The molecule has 1 aliphatic heterocycles. The molecule has 2 aromatic rings. The van der Waals surface area contributed by atoms with E-state index in [1.165, 1.54) is 33.5 Å². The quantitative estimate of drug-likeness (QED) is 0.555. The number of benzene rings is 2. The lowest BCUT2D eigenvalue weighted by Crippen LogP contribution is -2.40. The van der Waals surface area contributed by atoms with Crippen LogP contribution in [-0.2, 0) is 24.3 Å². The first-order valence-electron chi connectivity index (χ1n) is 10.0. The van der Waals surface area contributed by atoms with Gasteiger partial charge in [-0.1, -0.05) is 18.2 Å². The second-order valence-electron chi connectivity index (χ2n) is 6.91. The van der Waals surface area contributed by atoms with E-state index < -0.39 is 28.5 Å². The minimum Gasteiger partial charge on any atom is -0.452 e. The van der Waals surface area contributed by atoms with Crippen molar-refractivity contribution in [1.29, 1.82) is 5.26 Å². The molecule has 0 spiro atoms. The van der Waals surface area contributed by atoms with Crippen molar-refractivity contribution in [3.63, 3.8) is 0 Å². The van der Waals surface area contributed by atoms with Crippen molar-refractivity contribution >= 4 is 27.6 Å². The van der Waals surface area contributed by atoms with Crippen LogP contribution in [-0.4, -0.2) is 64.1 Å². The predicted molar refractivity (Wildman–Crippen MR) is 115 cm³/mol. The maximum Gasteiger partial charge on any atom is 0.338 e. The smallest absolute Gasteiger partial charge is 0.338 e. The van der Waals surface area contributed by atoms with Crippen LogP contribution in [0.4, 0.5) is 5.69 Å². The van der Waals surface area contributed by atoms with E-state index >= 15 is 0 Å². The van der Waals surface area contributed by atoms with E-state index in [1.54, 1.807) is 30.3 Å². The molecule has 32 heavy (non-hydrogen) atoms. The van der Waals surface area contributed by atoms with E-state index in [0.29, 0.717) is 18.9 Å². The van der Waals surface area contributed by atoms with Crippen molar-refractivity contribution < 1.29 is 27.5 Å². The highest BCUT2D eigenvalue weighted by Gasteiger charge is 2.26. The number of nitrogens with zero attached hydrogens (tertiary/aromatic N) is 3. The molecule has 1 fully saturated rings. The monoisotopic (exact) mass is 457 g/mol. The fraction of sp³-hybridized carbons (Fsp3) is 0.318. The SMILES string of the molecule is N#CCCN(C(=O)COC(=O)c1ccc(S(=O)(=O)N2CCOCC2)cc1)c1ccccc1. The van der Waals surface area contributed by atoms with E-state index in [4.69, 9.17) is 14.7 Å². The second-order valence-corrected chi connectivity index (χ2v) is 8.84. The first-order valence-corrected chi connectivity index (χ1v) is 11.4. The molecule has 0 aromatic heterocycles. The number of esters is 1. The molecule has 0 unspecified atom stereocenters. The van der Waals surface area contributed by atoms with Gasteiger partial charge in [-0.05, 0) is 36.4 Å². The molecule has 0 bridgehead atoms. The Morgan fingerprint density at radius 3 is 2.34 bits per heavy atom. The number of hydrogen-bond donors (Lipinski definition) is 0. The largest absolute Gasteiger partial charge is 0.452 e. The molecule has 0 saturated carbocycles. The number of anilines is 1. The minimum atomic E-state index is -3.67. The number of amides is 1. The number of carbonyl (C=O) groups excluding carboxylic acids is 2. The zero-order valence-electron chi connectivity index (χ0n) is 17.3. The highest BCUT2D eigenvalue weighted by atomic mass is 32.2. The van der Waals surface area contributed by atoms with Crippen molar-refractivity contribution in [3.05, 3.63) is 60.2 Å². The van der Waals surface area contributed by atoms with Gasteiger partial charge < -0.3 is 14.4 Å². The van der Waals surface area contributed by atoms with Crippen molar-refractivity contribution in [2.45, 2.75) is 11.3 Å². The van der Waals surface area contributed by atoms with Gasteiger partial charge in [0.05, 0.1) is 36.2 Å². The Balaban J connectivity index is 1.62. The summed E-state index contributed by atoms with van der Waals surface area (Å²) < 4.78 is 37.0. The molecule has 168 valence electrons. The maximum absolute atomic E-state index is 12.7. The molecule has 10 heteroatoms. The zero-order valence-corrected chi connectivity index (χ0v) is 18.2. The molecule has 0 radical (unpaired) electrons. The van der Waals surface area contributed by atoms with Crippen LogP contribution < -0.4 is 4.90 Å². The van der Waals surface area contributed by atoms with E-state index in [1.807, 2.05) is 6.07 Å². The van der Waals surface area contributed by atoms with Gasteiger partial charge in [-0.15, -0.1) is 0 Å². The summed E-state index contributed by atoms with van der Waals surface area (Å²) >= 11 is 0. The zero-order chi connectivity index (χ0) is 23.0. The third kappa shape index (κ3) is 5.70. The van der Waals surface area contributed by atoms with Crippen LogP contribution in [0.15, 0.2) is 59.5 Å². The van der Waals surface area contributed by atoms with Crippen molar-refractivity contribution in [2.75, 3.05) is 44.4 Å². The highest BCUT2D eigenvalue weighted by Crippen LogP contribution is 2.18. The van der Waals surface area contributed by atoms with Gasteiger partial charge in [-0.3, -0.25) is 4.79 Å². The van der Waals surface area contributed by atoms with Gasteiger partial charge in [0.1, 0.15) is 0 Å². The molecule has 1 saturated heterocycles. The molecule has 1 amide bonds. The lowest BCUT2D eigenvalue weighted by atomic mass is 10.2. The molecule has 0 aliphatic carbocycles. The number of ether oxygens (including phenoxy) is 2. The van der Waals surface area contributed by atoms with E-state index in [-0.39, 0.29) is 36.5 Å². The topological polar surface area (TPSA) is 117 Å². The third-order valence-corrected chi connectivity index (χ3v) is 6.75. The van der Waals surface area contributed by atoms with Crippen LogP contribution in [0.3, 0.4) is 0 Å². The lowest BCUT2D eigenvalue weighted by Gasteiger charge is -2.26. The molecule has 1 heterocycles. The average molecular weight is 458 g/mol. The number of rotatable bonds is 8. The molecule has 9 nitrogen and oxygen atoms in total. The summed E-state index contributed by atoms with van der Waals surface area (Å²) in [6.45, 7) is 0.895. The molecular formula is C22H23N3O6S. The van der Waals surface area contributed by atoms with E-state index in [2.05, 4.69) is 0 Å². The Hall–Kier alpha value is -3.26. The molecule has 0 atom stereocenters. The molecular weight excluding hydrogens is 434 g/mol. The van der Waals surface area contributed by atoms with Crippen LogP contribution in [0.1, 0.15) is 16.8 Å². The Morgan fingerprint density at radius 2 is 1.72 bits per heavy atom. The predicted octanol–water partition coefficient (Wildman–Crippen LogP) is 1.81. The van der Waals surface area contributed by atoms with Gasteiger partial charge in [-0.2, -0.15) is 9.57 Å². The number of para-hydroxylation sites is 1. The highest BCUT2D eigenvalue weighted by molar-refractivity contribution is 7.89. The molecule has 3 rings (SSSR count). The van der Waals surface area contributed by atoms with Crippen molar-refractivity contribution in [2.24, 2.45) is 0 Å². The summed E-state index contributed by atoms with van der Waals surface area (Å²) in [5, 5.41) is 8.85. The van der Waals surface area contributed by atoms with Crippen LogP contribution >= 0.6 is 0 Å². The van der Waals surface area contributed by atoms with Gasteiger partial charge in [0.2, 0.25) is 10.0 Å². The summed E-state index contributed by atoms with van der Waals surface area (Å²) in [5.74, 6) is -1.21. The van der Waals surface area contributed by atoms with Crippen LogP contribution in [0.25, 0.3) is 0 Å². The Kier molecular flexibility index (Phi) is 7.94. The number of carbonyl (C=O) groups is 2. The standard InChI is InChI=1S/C22H23N3O6S/c23-11-4-12-25(19-5-2-1-3-6-19)21(26)17-31-22(27)18-7-9-20(10-8-18)32(28,29)24-13-15-30-16-14-24/h1-3,5-10H,4,12-17H2. The third-order valence-electron chi connectivity index (χ3n) is 4.84. The van der Waals surface area contributed by atoms with Gasteiger partial charge in [0, 0.05) is 25.3 Å². The number of sulfonamides is 1. The van der Waals surface area contributed by atoms with Crippen LogP contribution in [0.5, 0.6) is 0 Å². The van der Waals surface area contributed by atoms with Gasteiger partial charge in [0.25, 0.3) is 5.91 Å². The Morgan fingerprint density at radius 1 is 1.06 bits per heavy atom. The molecule has 2 aromatic carbocycles. The van der Waals surface area contributed by atoms with E-state index in [9.17, 15) is 18.0 Å². The molecule has 0 N–H and O–H groups in total. The average Bonchev–Trinajstić information content (AvgIpc) is 2.84. The summed E-state index contributed by atoms with van der Waals surface area (Å²) in [6, 6.07) is 16.2. The van der Waals surface area contributed by atoms with Gasteiger partial charge >= 0.3 is 5.97 Å². The first kappa shape index (κ1) is 23.4. The second kappa shape index (κ2) is 10.9.